The lowest BCUT2D eigenvalue weighted by atomic mass is 9.83. The summed E-state index contributed by atoms with van der Waals surface area (Å²) < 4.78 is 11.7. The maximum Gasteiger partial charge on any atom is 0.411 e. The molecule has 0 aromatic heterocycles. The molecule has 5 nitrogen and oxygen atoms in total. The quantitative estimate of drug-likeness (QED) is 0.601. The number of hydrogen-bond donors (Lipinski definition) is 0. The van der Waals surface area contributed by atoms with Crippen LogP contribution in [0.25, 0.3) is 0 Å². The van der Waals surface area contributed by atoms with E-state index in [9.17, 15) is 9.59 Å². The number of cyclic esters (lactones) is 1. The van der Waals surface area contributed by atoms with Gasteiger partial charge in [-0.1, -0.05) is 58.0 Å². The molecule has 1 amide bonds. The predicted molar refractivity (Wildman–Crippen MR) is 117 cm³/mol. The van der Waals surface area contributed by atoms with Gasteiger partial charge in [0.15, 0.2) is 0 Å². The van der Waals surface area contributed by atoms with E-state index in [1.807, 2.05) is 43.9 Å². The number of nitrogens with zero attached hydrogens (tertiary/aromatic N) is 1. The van der Waals surface area contributed by atoms with Crippen LogP contribution in [0.5, 0.6) is 0 Å². The number of amides is 1. The van der Waals surface area contributed by atoms with Gasteiger partial charge in [-0.3, -0.25) is 9.69 Å². The fourth-order valence-electron chi connectivity index (χ4n) is 4.93. The number of benzene rings is 1. The summed E-state index contributed by atoms with van der Waals surface area (Å²) in [5.41, 5.74) is 0.514. The molecular formula is C25H37NO4. The molecule has 0 aliphatic carbocycles. The average molecular weight is 416 g/mol. The van der Waals surface area contributed by atoms with Gasteiger partial charge in [0.05, 0.1) is 18.0 Å². The molecule has 2 heterocycles. The van der Waals surface area contributed by atoms with Crippen LogP contribution < -0.4 is 0 Å². The number of rotatable bonds is 4. The highest BCUT2D eigenvalue weighted by Gasteiger charge is 2.53. The minimum absolute atomic E-state index is 0.0946. The number of likely N-dealkylation sites (tertiary alicyclic amines) is 1. The molecule has 0 spiro atoms. The van der Waals surface area contributed by atoms with Gasteiger partial charge < -0.3 is 9.47 Å². The van der Waals surface area contributed by atoms with Crippen molar-refractivity contribution in [2.45, 2.75) is 85.1 Å². The van der Waals surface area contributed by atoms with Crippen LogP contribution in [0.1, 0.15) is 72.9 Å². The van der Waals surface area contributed by atoms with Crippen molar-refractivity contribution >= 4 is 12.1 Å². The SMILES string of the molecule is CC(C)[C@@H]1C[C@@H]([C@@H]2C[C@@H](C(C)C)[C@H](c3ccccc3)N2C(=O)OC(C)(C)C)OC1=O. The molecule has 2 saturated heterocycles. The van der Waals surface area contributed by atoms with Gasteiger partial charge in [-0.25, -0.2) is 4.79 Å². The predicted octanol–water partition coefficient (Wildman–Crippen LogP) is 5.60. The van der Waals surface area contributed by atoms with Gasteiger partial charge in [0, 0.05) is 0 Å². The second-order valence-electron chi connectivity index (χ2n) is 10.5. The topological polar surface area (TPSA) is 55.8 Å². The highest BCUT2D eigenvalue weighted by molar-refractivity contribution is 5.75. The van der Waals surface area contributed by atoms with E-state index in [1.54, 1.807) is 0 Å². The lowest BCUT2D eigenvalue weighted by Crippen LogP contribution is -2.46. The lowest BCUT2D eigenvalue weighted by molar-refractivity contribution is -0.147. The number of ether oxygens (including phenoxy) is 2. The summed E-state index contributed by atoms with van der Waals surface area (Å²) >= 11 is 0. The van der Waals surface area contributed by atoms with Crippen molar-refractivity contribution in [1.82, 2.24) is 4.90 Å². The van der Waals surface area contributed by atoms with Gasteiger partial charge in [0.25, 0.3) is 0 Å². The molecule has 30 heavy (non-hydrogen) atoms. The lowest BCUT2D eigenvalue weighted by Gasteiger charge is -2.35. The summed E-state index contributed by atoms with van der Waals surface area (Å²) in [5, 5.41) is 0. The highest BCUT2D eigenvalue weighted by atomic mass is 16.6. The van der Waals surface area contributed by atoms with Gasteiger partial charge in [0.1, 0.15) is 11.7 Å². The molecule has 5 atom stereocenters. The Hall–Kier alpha value is -2.04. The fourth-order valence-corrected chi connectivity index (χ4v) is 4.93. The minimum atomic E-state index is -0.592. The molecular weight excluding hydrogens is 378 g/mol. The smallest absolute Gasteiger partial charge is 0.411 e. The molecule has 5 heteroatoms. The van der Waals surface area contributed by atoms with Crippen molar-refractivity contribution in [3.63, 3.8) is 0 Å². The van der Waals surface area contributed by atoms with E-state index in [4.69, 9.17) is 9.47 Å². The Balaban J connectivity index is 2.00. The largest absolute Gasteiger partial charge is 0.460 e. The van der Waals surface area contributed by atoms with E-state index in [1.165, 1.54) is 0 Å². The Morgan fingerprint density at radius 1 is 1.07 bits per heavy atom. The fraction of sp³-hybridized carbons (Fsp3) is 0.680. The van der Waals surface area contributed by atoms with Crippen LogP contribution in [0.4, 0.5) is 4.79 Å². The zero-order valence-electron chi connectivity index (χ0n) is 19.4. The number of hydrogen-bond acceptors (Lipinski definition) is 4. The second kappa shape index (κ2) is 8.60. The minimum Gasteiger partial charge on any atom is -0.460 e. The monoisotopic (exact) mass is 415 g/mol. The van der Waals surface area contributed by atoms with Crippen LogP contribution in [0.2, 0.25) is 0 Å². The van der Waals surface area contributed by atoms with Crippen molar-refractivity contribution in [3.8, 4) is 0 Å². The molecule has 0 saturated carbocycles. The number of carbonyl (C=O) groups is 2. The first kappa shape index (κ1) is 22.6. The average Bonchev–Trinajstić information content (AvgIpc) is 3.22. The van der Waals surface area contributed by atoms with Gasteiger partial charge in [-0.2, -0.15) is 0 Å². The molecule has 2 aliphatic rings. The summed E-state index contributed by atoms with van der Waals surface area (Å²) in [5.74, 6) is 0.627. The zero-order chi connectivity index (χ0) is 22.2. The Morgan fingerprint density at radius 3 is 2.20 bits per heavy atom. The zero-order valence-corrected chi connectivity index (χ0v) is 19.4. The molecule has 2 aliphatic heterocycles. The summed E-state index contributed by atoms with van der Waals surface area (Å²) in [6, 6.07) is 9.90. The first-order valence-electron chi connectivity index (χ1n) is 11.3. The normalized spacial score (nSPS) is 29.6. The maximum absolute atomic E-state index is 13.4. The summed E-state index contributed by atoms with van der Waals surface area (Å²) in [4.78, 5) is 27.8. The second-order valence-corrected chi connectivity index (χ2v) is 10.5. The van der Waals surface area contributed by atoms with Crippen molar-refractivity contribution < 1.29 is 19.1 Å². The van der Waals surface area contributed by atoms with Crippen LogP contribution in [-0.4, -0.2) is 34.7 Å². The third-order valence-electron chi connectivity index (χ3n) is 6.47. The van der Waals surface area contributed by atoms with Crippen LogP contribution in [0, 0.1) is 23.7 Å². The summed E-state index contributed by atoms with van der Waals surface area (Å²) in [7, 11) is 0. The van der Waals surface area contributed by atoms with E-state index < -0.39 is 5.60 Å². The van der Waals surface area contributed by atoms with E-state index >= 15 is 0 Å². The van der Waals surface area contributed by atoms with Crippen LogP contribution >= 0.6 is 0 Å². The van der Waals surface area contributed by atoms with Crippen molar-refractivity contribution in [1.29, 1.82) is 0 Å². The summed E-state index contributed by atoms with van der Waals surface area (Å²) in [6.45, 7) is 14.2. The van der Waals surface area contributed by atoms with E-state index in [0.717, 1.165) is 12.0 Å². The van der Waals surface area contributed by atoms with Crippen molar-refractivity contribution in [2.24, 2.45) is 23.7 Å². The molecule has 0 bridgehead atoms. The molecule has 1 aromatic rings. The van der Waals surface area contributed by atoms with Gasteiger partial charge in [-0.15, -0.1) is 0 Å². The van der Waals surface area contributed by atoms with Crippen molar-refractivity contribution in [2.75, 3.05) is 0 Å². The van der Waals surface area contributed by atoms with Crippen LogP contribution in [-0.2, 0) is 14.3 Å². The van der Waals surface area contributed by atoms with E-state index in [-0.39, 0.29) is 48.0 Å². The first-order valence-corrected chi connectivity index (χ1v) is 11.3. The van der Waals surface area contributed by atoms with Gasteiger partial charge in [-0.05, 0) is 56.9 Å². The maximum atomic E-state index is 13.4. The molecule has 3 rings (SSSR count). The molecule has 0 N–H and O–H groups in total. The standard InChI is InChI=1S/C25H37NO4/c1-15(2)18-13-20(21-14-19(16(3)4)23(27)29-21)26(24(28)30-25(5,6)7)22(18)17-11-9-8-10-12-17/h8-12,15-16,18-22H,13-14H2,1-7H3/t18-,19-,20-,21-,22-/m0/s1. The van der Waals surface area contributed by atoms with Crippen LogP contribution in [0.15, 0.2) is 30.3 Å². The van der Waals surface area contributed by atoms with Crippen molar-refractivity contribution in [3.05, 3.63) is 35.9 Å². The Kier molecular flexibility index (Phi) is 6.49. The third-order valence-corrected chi connectivity index (χ3v) is 6.47. The Labute approximate surface area is 181 Å². The van der Waals surface area contributed by atoms with Crippen LogP contribution in [0.3, 0.4) is 0 Å². The number of esters is 1. The third kappa shape index (κ3) is 4.65. The van der Waals surface area contributed by atoms with E-state index in [0.29, 0.717) is 12.3 Å². The first-order chi connectivity index (χ1) is 14.0. The Bertz CT molecular complexity index is 752. The molecule has 1 aromatic carbocycles. The Morgan fingerprint density at radius 2 is 1.70 bits per heavy atom. The van der Waals surface area contributed by atoms with Gasteiger partial charge >= 0.3 is 12.1 Å². The number of carbonyl (C=O) groups excluding carboxylic acids is 2. The molecule has 0 radical (unpaired) electrons. The van der Waals surface area contributed by atoms with E-state index in [2.05, 4.69) is 39.8 Å². The molecule has 2 fully saturated rings. The molecule has 0 unspecified atom stereocenters. The molecule has 166 valence electrons. The highest BCUT2D eigenvalue weighted by Crippen LogP contribution is 2.48. The summed E-state index contributed by atoms with van der Waals surface area (Å²) in [6.07, 6.45) is 0.854. The van der Waals surface area contributed by atoms with Gasteiger partial charge in [0.2, 0.25) is 0 Å².